The van der Waals surface area contributed by atoms with Crippen molar-refractivity contribution < 1.29 is 17.6 Å². The number of benzene rings is 3. The lowest BCUT2D eigenvalue weighted by molar-refractivity contribution is -0.137. The number of anilines is 2. The molecule has 0 amide bonds. The fourth-order valence-electron chi connectivity index (χ4n) is 3.06. The summed E-state index contributed by atoms with van der Waals surface area (Å²) in [6.07, 6.45) is -4.46. The Morgan fingerprint density at radius 3 is 1.90 bits per heavy atom. The summed E-state index contributed by atoms with van der Waals surface area (Å²) in [6, 6.07) is 24.2. The Hall–Kier alpha value is -3.67. The minimum atomic E-state index is -4.46. The molecule has 3 aromatic carbocycles. The Morgan fingerprint density at radius 2 is 1.30 bits per heavy atom. The van der Waals surface area contributed by atoms with Crippen LogP contribution in [0.5, 0.6) is 0 Å². The van der Waals surface area contributed by atoms with E-state index in [4.69, 9.17) is 0 Å². The van der Waals surface area contributed by atoms with Gasteiger partial charge in [0.1, 0.15) is 5.69 Å². The first-order chi connectivity index (χ1) is 14.4. The van der Waals surface area contributed by atoms with E-state index in [1.165, 1.54) is 12.1 Å². The summed E-state index contributed by atoms with van der Waals surface area (Å²) in [7, 11) is 0. The largest absolute Gasteiger partial charge is 0.416 e. The second-order valence-corrected chi connectivity index (χ2v) is 6.65. The molecule has 0 atom stereocenters. The van der Waals surface area contributed by atoms with E-state index in [0.717, 1.165) is 17.7 Å². The quantitative estimate of drug-likeness (QED) is 0.358. The molecule has 0 aliphatic carbocycles. The van der Waals surface area contributed by atoms with Crippen molar-refractivity contribution in [3.8, 4) is 22.5 Å². The van der Waals surface area contributed by atoms with Gasteiger partial charge in [-0.3, -0.25) is 0 Å². The third kappa shape index (κ3) is 4.17. The van der Waals surface area contributed by atoms with E-state index < -0.39 is 17.6 Å². The van der Waals surface area contributed by atoms with Crippen molar-refractivity contribution in [1.29, 1.82) is 0 Å². The molecule has 6 heteroatoms. The topological polar surface area (TPSA) is 24.9 Å². The van der Waals surface area contributed by atoms with E-state index in [2.05, 4.69) is 10.3 Å². The first-order valence-corrected chi connectivity index (χ1v) is 9.17. The molecule has 30 heavy (non-hydrogen) atoms. The van der Waals surface area contributed by atoms with Gasteiger partial charge in [-0.25, -0.2) is 9.37 Å². The summed E-state index contributed by atoms with van der Waals surface area (Å²) in [5.41, 5.74) is 1.57. The van der Waals surface area contributed by atoms with Crippen molar-refractivity contribution >= 4 is 11.4 Å². The molecule has 0 fully saturated rings. The van der Waals surface area contributed by atoms with Gasteiger partial charge in [0, 0.05) is 16.8 Å². The van der Waals surface area contributed by atoms with Crippen molar-refractivity contribution in [2.45, 2.75) is 6.18 Å². The van der Waals surface area contributed by atoms with Crippen LogP contribution < -0.4 is 5.32 Å². The highest BCUT2D eigenvalue weighted by atomic mass is 19.4. The second-order valence-electron chi connectivity index (χ2n) is 6.65. The van der Waals surface area contributed by atoms with E-state index in [9.17, 15) is 13.2 Å². The lowest BCUT2D eigenvalue weighted by Crippen LogP contribution is -2.04. The third-order valence-corrected chi connectivity index (χ3v) is 4.57. The van der Waals surface area contributed by atoms with Crippen LogP contribution in [0.3, 0.4) is 0 Å². The maximum atomic E-state index is 15.3. The van der Waals surface area contributed by atoms with Gasteiger partial charge in [0.25, 0.3) is 0 Å². The maximum absolute atomic E-state index is 15.3. The van der Waals surface area contributed by atoms with Gasteiger partial charge in [-0.2, -0.15) is 13.2 Å². The second kappa shape index (κ2) is 7.99. The highest BCUT2D eigenvalue weighted by molar-refractivity contribution is 5.75. The van der Waals surface area contributed by atoms with Crippen LogP contribution in [0.25, 0.3) is 22.5 Å². The molecule has 2 nitrogen and oxygen atoms in total. The number of rotatable bonds is 4. The number of hydrogen-bond acceptors (Lipinski definition) is 2. The summed E-state index contributed by atoms with van der Waals surface area (Å²) in [5.74, 6) is -0.640. The Bertz CT molecular complexity index is 1140. The molecule has 1 heterocycles. The number of nitrogens with one attached hydrogen (secondary N) is 1. The number of para-hydroxylation sites is 1. The smallest absolute Gasteiger partial charge is 0.353 e. The van der Waals surface area contributed by atoms with E-state index in [0.29, 0.717) is 11.4 Å². The molecule has 0 radical (unpaired) electrons. The van der Waals surface area contributed by atoms with Crippen molar-refractivity contribution in [3.05, 3.63) is 102 Å². The van der Waals surface area contributed by atoms with Gasteiger partial charge in [0.2, 0.25) is 0 Å². The molecule has 0 bridgehead atoms. The average molecular weight is 408 g/mol. The number of alkyl halides is 3. The number of pyridine rings is 1. The number of hydrogen-bond donors (Lipinski definition) is 1. The highest BCUT2D eigenvalue weighted by Crippen LogP contribution is 2.35. The Labute approximate surface area is 170 Å². The molecule has 0 aliphatic heterocycles. The Morgan fingerprint density at radius 1 is 0.700 bits per heavy atom. The zero-order valence-electron chi connectivity index (χ0n) is 15.6. The van der Waals surface area contributed by atoms with Gasteiger partial charge < -0.3 is 5.32 Å². The predicted molar refractivity (Wildman–Crippen MR) is 110 cm³/mol. The van der Waals surface area contributed by atoms with Crippen LogP contribution in [0.15, 0.2) is 91.0 Å². The van der Waals surface area contributed by atoms with Crippen LogP contribution in [-0.2, 0) is 6.18 Å². The van der Waals surface area contributed by atoms with Crippen molar-refractivity contribution in [3.63, 3.8) is 0 Å². The highest BCUT2D eigenvalue weighted by Gasteiger charge is 2.30. The van der Waals surface area contributed by atoms with Gasteiger partial charge in [-0.05, 0) is 30.3 Å². The Balaban J connectivity index is 1.83. The summed E-state index contributed by atoms with van der Waals surface area (Å²) in [4.78, 5) is 4.41. The fraction of sp³-hybridized carbons (Fsp3) is 0.0417. The first kappa shape index (κ1) is 19.6. The Kier molecular flexibility index (Phi) is 5.23. The molecule has 4 rings (SSSR count). The lowest BCUT2D eigenvalue weighted by atomic mass is 10.0. The summed E-state index contributed by atoms with van der Waals surface area (Å²) in [5, 5.41) is 3.03. The van der Waals surface area contributed by atoms with Crippen molar-refractivity contribution in [2.75, 3.05) is 5.32 Å². The average Bonchev–Trinajstić information content (AvgIpc) is 2.76. The molecule has 1 N–H and O–H groups in total. The van der Waals surface area contributed by atoms with Crippen LogP contribution in [0.4, 0.5) is 28.9 Å². The van der Waals surface area contributed by atoms with Crippen molar-refractivity contribution in [2.24, 2.45) is 0 Å². The van der Waals surface area contributed by atoms with E-state index in [1.54, 1.807) is 18.2 Å². The van der Waals surface area contributed by atoms with Crippen LogP contribution >= 0.6 is 0 Å². The van der Waals surface area contributed by atoms with E-state index >= 15 is 4.39 Å². The zero-order chi connectivity index (χ0) is 21.1. The van der Waals surface area contributed by atoms with Crippen LogP contribution in [-0.4, -0.2) is 4.98 Å². The minimum Gasteiger partial charge on any atom is -0.353 e. The monoisotopic (exact) mass is 408 g/mol. The summed E-state index contributed by atoms with van der Waals surface area (Å²) in [6.45, 7) is 0. The van der Waals surface area contributed by atoms with Crippen LogP contribution in [0.2, 0.25) is 0 Å². The molecule has 0 saturated carbocycles. The van der Waals surface area contributed by atoms with Gasteiger partial charge in [0.05, 0.1) is 16.9 Å². The number of aromatic nitrogens is 1. The van der Waals surface area contributed by atoms with E-state index in [1.807, 2.05) is 48.5 Å². The number of halogens is 4. The van der Waals surface area contributed by atoms with Crippen LogP contribution in [0, 0.1) is 5.82 Å². The molecule has 0 aliphatic rings. The van der Waals surface area contributed by atoms with Crippen molar-refractivity contribution in [1.82, 2.24) is 4.98 Å². The molecule has 0 saturated heterocycles. The molecular formula is C24H16F4N2. The molecule has 150 valence electrons. The normalized spacial score (nSPS) is 11.3. The van der Waals surface area contributed by atoms with Gasteiger partial charge in [0.15, 0.2) is 5.82 Å². The van der Waals surface area contributed by atoms with E-state index in [-0.39, 0.29) is 16.9 Å². The minimum absolute atomic E-state index is 0.0245. The predicted octanol–water partition coefficient (Wildman–Crippen LogP) is 7.32. The third-order valence-electron chi connectivity index (χ3n) is 4.57. The fourth-order valence-corrected chi connectivity index (χ4v) is 3.06. The van der Waals surface area contributed by atoms with Gasteiger partial charge in [-0.1, -0.05) is 60.7 Å². The first-order valence-electron chi connectivity index (χ1n) is 9.17. The molecule has 0 spiro atoms. The molecular weight excluding hydrogens is 392 g/mol. The summed E-state index contributed by atoms with van der Waals surface area (Å²) >= 11 is 0. The number of nitrogens with zero attached hydrogens (tertiary/aromatic N) is 1. The van der Waals surface area contributed by atoms with Crippen LogP contribution in [0.1, 0.15) is 5.56 Å². The SMILES string of the molecule is Fc1c(Nc2ccccc2)cc(-c2ccccc2)nc1-c1ccc(C(F)(F)F)cc1. The zero-order valence-corrected chi connectivity index (χ0v) is 15.6. The molecule has 0 unspecified atom stereocenters. The summed E-state index contributed by atoms with van der Waals surface area (Å²) < 4.78 is 54.0. The molecule has 4 aromatic rings. The van der Waals surface area contributed by atoms with Gasteiger partial charge >= 0.3 is 6.18 Å². The van der Waals surface area contributed by atoms with Gasteiger partial charge in [-0.15, -0.1) is 0 Å². The maximum Gasteiger partial charge on any atom is 0.416 e. The molecule has 1 aromatic heterocycles. The lowest BCUT2D eigenvalue weighted by Gasteiger charge is -2.14. The standard InChI is InChI=1S/C24H16F4N2/c25-22-21(29-19-9-5-2-6-10-19)15-20(16-7-3-1-4-8-16)30-23(22)17-11-13-18(14-12-17)24(26,27)28/h1-15H,(H,29,30).